The van der Waals surface area contributed by atoms with Gasteiger partial charge in [0.1, 0.15) is 5.60 Å². The fourth-order valence-corrected chi connectivity index (χ4v) is 1.85. The first-order valence-corrected chi connectivity index (χ1v) is 4.89. The molecule has 0 radical (unpaired) electrons. The van der Waals surface area contributed by atoms with Gasteiger partial charge < -0.3 is 10.5 Å². The smallest absolute Gasteiger partial charge is 0.109 e. The maximum Gasteiger partial charge on any atom is 0.109 e. The molecule has 76 valence electrons. The van der Waals surface area contributed by atoms with E-state index in [1.807, 2.05) is 6.92 Å². The Morgan fingerprint density at radius 3 is 3.07 bits per heavy atom. The van der Waals surface area contributed by atoms with E-state index in [0.717, 1.165) is 18.5 Å². The van der Waals surface area contributed by atoms with Crippen LogP contribution in [0.4, 0.5) is 0 Å². The molecule has 2 N–H and O–H groups in total. The van der Waals surface area contributed by atoms with Crippen LogP contribution in [-0.2, 0) is 10.3 Å². The van der Waals surface area contributed by atoms with E-state index >= 15 is 0 Å². The summed E-state index contributed by atoms with van der Waals surface area (Å²) in [6.45, 7) is 2.63. The average molecular weight is 193 g/mol. The van der Waals surface area contributed by atoms with Crippen LogP contribution in [0.25, 0.3) is 0 Å². The van der Waals surface area contributed by atoms with Crippen molar-refractivity contribution in [1.29, 1.82) is 0 Å². The topological polar surface area (TPSA) is 61.0 Å². The van der Waals surface area contributed by atoms with Gasteiger partial charge >= 0.3 is 0 Å². The summed E-state index contributed by atoms with van der Waals surface area (Å²) in [6, 6.07) is 0. The zero-order valence-electron chi connectivity index (χ0n) is 8.31. The van der Waals surface area contributed by atoms with Crippen molar-refractivity contribution in [2.24, 2.45) is 5.73 Å². The Morgan fingerprint density at radius 2 is 2.50 bits per heavy atom. The molecule has 2 rings (SSSR count). The van der Waals surface area contributed by atoms with Gasteiger partial charge in [0.2, 0.25) is 0 Å². The van der Waals surface area contributed by atoms with Crippen LogP contribution in [0.5, 0.6) is 0 Å². The van der Waals surface area contributed by atoms with Gasteiger partial charge in [-0.05, 0) is 19.8 Å². The quantitative estimate of drug-likeness (QED) is 0.755. The van der Waals surface area contributed by atoms with Crippen molar-refractivity contribution in [2.45, 2.75) is 31.5 Å². The molecule has 1 fully saturated rings. The lowest BCUT2D eigenvalue weighted by Crippen LogP contribution is -2.27. The highest BCUT2D eigenvalue weighted by Gasteiger charge is 2.38. The van der Waals surface area contributed by atoms with Crippen LogP contribution in [0.3, 0.4) is 0 Å². The standard InChI is InChI=1S/C10H15N3O/c1-10(3-2-8(6-11)14-10)9-7-12-4-5-13-9/h4-5,7-8H,2-3,6,11H2,1H3. The predicted octanol–water partition coefficient (Wildman–Crippen LogP) is 0.829. The molecular weight excluding hydrogens is 178 g/mol. The Hall–Kier alpha value is -1.00. The highest BCUT2D eigenvalue weighted by atomic mass is 16.5. The Bertz CT molecular complexity index is 303. The van der Waals surface area contributed by atoms with Gasteiger partial charge in [-0.3, -0.25) is 9.97 Å². The summed E-state index contributed by atoms with van der Waals surface area (Å²) in [5.41, 5.74) is 6.18. The van der Waals surface area contributed by atoms with E-state index in [0.29, 0.717) is 6.54 Å². The second kappa shape index (κ2) is 3.63. The molecule has 1 aromatic rings. The average Bonchev–Trinajstić information content (AvgIpc) is 2.63. The summed E-state index contributed by atoms with van der Waals surface area (Å²) in [5, 5.41) is 0. The fourth-order valence-electron chi connectivity index (χ4n) is 1.85. The van der Waals surface area contributed by atoms with Gasteiger partial charge in [0.05, 0.1) is 18.0 Å². The van der Waals surface area contributed by atoms with Gasteiger partial charge in [0.15, 0.2) is 0 Å². The van der Waals surface area contributed by atoms with E-state index < -0.39 is 0 Å². The maximum absolute atomic E-state index is 5.86. The molecule has 0 aromatic carbocycles. The van der Waals surface area contributed by atoms with Crippen molar-refractivity contribution in [1.82, 2.24) is 9.97 Å². The molecule has 14 heavy (non-hydrogen) atoms. The molecule has 0 bridgehead atoms. The van der Waals surface area contributed by atoms with E-state index in [2.05, 4.69) is 9.97 Å². The summed E-state index contributed by atoms with van der Waals surface area (Å²) in [4.78, 5) is 8.32. The lowest BCUT2D eigenvalue weighted by atomic mass is 9.99. The molecule has 0 aliphatic carbocycles. The van der Waals surface area contributed by atoms with Crippen LogP contribution >= 0.6 is 0 Å². The third-order valence-corrected chi connectivity index (χ3v) is 2.74. The SMILES string of the molecule is CC1(c2cnccn2)CCC(CN)O1. The minimum Gasteiger partial charge on any atom is -0.364 e. The first-order valence-electron chi connectivity index (χ1n) is 4.89. The van der Waals surface area contributed by atoms with Crippen LogP contribution in [-0.4, -0.2) is 22.6 Å². The maximum atomic E-state index is 5.86. The molecular formula is C10H15N3O. The van der Waals surface area contributed by atoms with E-state index in [9.17, 15) is 0 Å². The molecule has 0 saturated carbocycles. The van der Waals surface area contributed by atoms with E-state index in [1.165, 1.54) is 0 Å². The second-order valence-corrected chi connectivity index (χ2v) is 3.84. The summed E-state index contributed by atoms with van der Waals surface area (Å²) in [5.74, 6) is 0. The van der Waals surface area contributed by atoms with Gasteiger partial charge in [-0.15, -0.1) is 0 Å². The molecule has 2 atom stereocenters. The molecule has 0 amide bonds. The van der Waals surface area contributed by atoms with Gasteiger partial charge in [-0.2, -0.15) is 0 Å². The lowest BCUT2D eigenvalue weighted by molar-refractivity contribution is -0.0313. The molecule has 1 aliphatic rings. The second-order valence-electron chi connectivity index (χ2n) is 3.84. The zero-order chi connectivity index (χ0) is 10.0. The van der Waals surface area contributed by atoms with Gasteiger partial charge in [-0.25, -0.2) is 0 Å². The van der Waals surface area contributed by atoms with E-state index in [-0.39, 0.29) is 11.7 Å². The third-order valence-electron chi connectivity index (χ3n) is 2.74. The highest BCUT2D eigenvalue weighted by Crippen LogP contribution is 2.37. The van der Waals surface area contributed by atoms with Crippen molar-refractivity contribution < 1.29 is 4.74 Å². The van der Waals surface area contributed by atoms with Crippen LogP contribution < -0.4 is 5.73 Å². The number of aromatic nitrogens is 2. The van der Waals surface area contributed by atoms with Crippen molar-refractivity contribution in [3.05, 3.63) is 24.3 Å². The van der Waals surface area contributed by atoms with Crippen LogP contribution in [0, 0.1) is 0 Å². The third kappa shape index (κ3) is 1.63. The van der Waals surface area contributed by atoms with Crippen LogP contribution in [0.2, 0.25) is 0 Å². The predicted molar refractivity (Wildman–Crippen MR) is 52.5 cm³/mol. The first-order chi connectivity index (χ1) is 6.74. The normalized spacial score (nSPS) is 32.0. The highest BCUT2D eigenvalue weighted by molar-refractivity contribution is 5.09. The minimum atomic E-state index is -0.293. The lowest BCUT2D eigenvalue weighted by Gasteiger charge is -2.23. The van der Waals surface area contributed by atoms with Crippen molar-refractivity contribution >= 4 is 0 Å². The number of hydrogen-bond acceptors (Lipinski definition) is 4. The molecule has 2 heterocycles. The molecule has 4 heteroatoms. The largest absolute Gasteiger partial charge is 0.364 e. The Balaban J connectivity index is 2.19. The van der Waals surface area contributed by atoms with Crippen molar-refractivity contribution in [2.75, 3.05) is 6.54 Å². The van der Waals surface area contributed by atoms with E-state index in [4.69, 9.17) is 10.5 Å². The zero-order valence-corrected chi connectivity index (χ0v) is 8.31. The number of nitrogens with zero attached hydrogens (tertiary/aromatic N) is 2. The number of rotatable bonds is 2. The number of ether oxygens (including phenoxy) is 1. The van der Waals surface area contributed by atoms with Crippen molar-refractivity contribution in [3.8, 4) is 0 Å². The molecule has 0 spiro atoms. The molecule has 1 aliphatic heterocycles. The summed E-state index contributed by atoms with van der Waals surface area (Å²) >= 11 is 0. The summed E-state index contributed by atoms with van der Waals surface area (Å²) in [6.07, 6.45) is 7.26. The molecule has 4 nitrogen and oxygen atoms in total. The first kappa shape index (κ1) is 9.55. The Morgan fingerprint density at radius 1 is 1.64 bits per heavy atom. The molecule has 1 saturated heterocycles. The summed E-state index contributed by atoms with van der Waals surface area (Å²) < 4.78 is 5.86. The molecule has 2 unspecified atom stereocenters. The van der Waals surface area contributed by atoms with Gasteiger partial charge in [0.25, 0.3) is 0 Å². The number of nitrogens with two attached hydrogens (primary N) is 1. The Kier molecular flexibility index (Phi) is 2.48. The number of hydrogen-bond donors (Lipinski definition) is 1. The van der Waals surface area contributed by atoms with Gasteiger partial charge in [-0.1, -0.05) is 0 Å². The Labute approximate surface area is 83.5 Å². The fraction of sp³-hybridized carbons (Fsp3) is 0.600. The molecule has 1 aromatic heterocycles. The van der Waals surface area contributed by atoms with Crippen LogP contribution in [0.15, 0.2) is 18.6 Å². The summed E-state index contributed by atoms with van der Waals surface area (Å²) in [7, 11) is 0. The monoisotopic (exact) mass is 193 g/mol. The van der Waals surface area contributed by atoms with E-state index in [1.54, 1.807) is 18.6 Å². The minimum absolute atomic E-state index is 0.169. The van der Waals surface area contributed by atoms with Crippen LogP contribution in [0.1, 0.15) is 25.5 Å². The van der Waals surface area contributed by atoms with Gasteiger partial charge in [0, 0.05) is 18.9 Å². The van der Waals surface area contributed by atoms with Crippen molar-refractivity contribution in [3.63, 3.8) is 0 Å².